The van der Waals surface area contributed by atoms with Crippen LogP contribution < -0.4 is 5.32 Å². The van der Waals surface area contributed by atoms with Crippen LogP contribution in [0.3, 0.4) is 0 Å². The van der Waals surface area contributed by atoms with Crippen molar-refractivity contribution in [3.63, 3.8) is 0 Å². The highest BCUT2D eigenvalue weighted by Gasteiger charge is 2.15. The maximum atomic E-state index is 12.0. The van der Waals surface area contributed by atoms with Crippen molar-refractivity contribution < 1.29 is 14.3 Å². The van der Waals surface area contributed by atoms with Crippen molar-refractivity contribution in [3.05, 3.63) is 52.4 Å². The highest BCUT2D eigenvalue weighted by Crippen LogP contribution is 2.24. The van der Waals surface area contributed by atoms with Crippen LogP contribution >= 0.6 is 11.6 Å². The average molecular weight is 280 g/mol. The zero-order valence-corrected chi connectivity index (χ0v) is 11.4. The molecule has 0 saturated heterocycles. The highest BCUT2D eigenvalue weighted by molar-refractivity contribution is 6.32. The highest BCUT2D eigenvalue weighted by atomic mass is 35.5. The fourth-order valence-corrected chi connectivity index (χ4v) is 1.87. The molecule has 19 heavy (non-hydrogen) atoms. The number of nitrogens with one attached hydrogen (secondary N) is 1. The molecule has 2 rings (SSSR count). The van der Waals surface area contributed by atoms with E-state index < -0.39 is 0 Å². The number of halogens is 1. The number of carbonyl (C=O) groups is 1. The molecule has 1 heterocycles. The van der Waals surface area contributed by atoms with Crippen molar-refractivity contribution in [2.75, 3.05) is 0 Å². The van der Waals surface area contributed by atoms with Crippen LogP contribution in [0.5, 0.6) is 5.75 Å². The summed E-state index contributed by atoms with van der Waals surface area (Å²) in [6.07, 6.45) is 0. The molecule has 5 heteroatoms. The fraction of sp³-hybridized carbons (Fsp3) is 0.214. The van der Waals surface area contributed by atoms with Crippen molar-refractivity contribution in [2.45, 2.75) is 19.9 Å². The lowest BCUT2D eigenvalue weighted by Gasteiger charge is -2.11. The third-order valence-corrected chi connectivity index (χ3v) is 3.05. The Bertz CT molecular complexity index is 606. The van der Waals surface area contributed by atoms with Crippen LogP contribution in [-0.2, 0) is 0 Å². The van der Waals surface area contributed by atoms with Gasteiger partial charge in [0.25, 0.3) is 5.91 Å². The van der Waals surface area contributed by atoms with E-state index in [9.17, 15) is 9.90 Å². The Morgan fingerprint density at radius 2 is 2.11 bits per heavy atom. The molecule has 2 N–H and O–H groups in total. The monoisotopic (exact) mass is 279 g/mol. The first-order chi connectivity index (χ1) is 8.97. The van der Waals surface area contributed by atoms with E-state index in [1.54, 1.807) is 0 Å². The summed E-state index contributed by atoms with van der Waals surface area (Å²) < 4.78 is 5.44. The molecule has 0 spiro atoms. The zero-order valence-electron chi connectivity index (χ0n) is 10.6. The van der Waals surface area contributed by atoms with E-state index in [1.807, 2.05) is 26.0 Å². The summed E-state index contributed by atoms with van der Waals surface area (Å²) in [4.78, 5) is 12.0. The van der Waals surface area contributed by atoms with Crippen LogP contribution in [0.2, 0.25) is 5.02 Å². The molecule has 0 aliphatic carbocycles. The van der Waals surface area contributed by atoms with Crippen LogP contribution in [-0.4, -0.2) is 11.0 Å². The Hall–Kier alpha value is -1.94. The summed E-state index contributed by atoms with van der Waals surface area (Å²) in [7, 11) is 0. The number of carbonyl (C=O) groups excluding carboxylic acids is 1. The molecule has 0 fully saturated rings. The quantitative estimate of drug-likeness (QED) is 0.905. The third-order valence-electron chi connectivity index (χ3n) is 2.75. The van der Waals surface area contributed by atoms with Crippen LogP contribution in [0.15, 0.2) is 34.7 Å². The second kappa shape index (κ2) is 5.36. The molecule has 1 amide bonds. The number of aryl methyl sites for hydroxylation is 1. The molecule has 0 bridgehead atoms. The largest absolute Gasteiger partial charge is 0.506 e. The van der Waals surface area contributed by atoms with Gasteiger partial charge >= 0.3 is 0 Å². The Kier molecular flexibility index (Phi) is 3.81. The maximum absolute atomic E-state index is 12.0. The van der Waals surface area contributed by atoms with Gasteiger partial charge < -0.3 is 14.8 Å². The molecule has 1 atom stereocenters. The number of rotatable bonds is 3. The molecule has 0 aliphatic heterocycles. The lowest BCUT2D eigenvalue weighted by atomic mass is 10.2. The molecular formula is C14H14ClNO3. The lowest BCUT2D eigenvalue weighted by Crippen LogP contribution is -2.26. The number of phenols is 1. The third kappa shape index (κ3) is 3.09. The second-order valence-electron chi connectivity index (χ2n) is 4.31. The molecular weight excluding hydrogens is 266 g/mol. The number of amides is 1. The Morgan fingerprint density at radius 3 is 2.68 bits per heavy atom. The maximum Gasteiger partial charge on any atom is 0.251 e. The zero-order chi connectivity index (χ0) is 14.0. The van der Waals surface area contributed by atoms with E-state index >= 15 is 0 Å². The van der Waals surface area contributed by atoms with Gasteiger partial charge in [0.05, 0.1) is 11.1 Å². The van der Waals surface area contributed by atoms with Gasteiger partial charge in [-0.05, 0) is 44.2 Å². The number of aromatic hydroxyl groups is 1. The summed E-state index contributed by atoms with van der Waals surface area (Å²) >= 11 is 5.77. The van der Waals surface area contributed by atoms with Crippen LogP contribution in [0.25, 0.3) is 0 Å². The first-order valence-electron chi connectivity index (χ1n) is 5.83. The van der Waals surface area contributed by atoms with Crippen LogP contribution in [0.1, 0.15) is 34.8 Å². The topological polar surface area (TPSA) is 62.5 Å². The Balaban J connectivity index is 2.10. The summed E-state index contributed by atoms with van der Waals surface area (Å²) in [5.41, 5.74) is 0.387. The van der Waals surface area contributed by atoms with E-state index in [-0.39, 0.29) is 22.7 Å². The molecule has 100 valence electrons. The molecule has 2 aromatic rings. The number of hydrogen-bond donors (Lipinski definition) is 2. The first-order valence-corrected chi connectivity index (χ1v) is 6.21. The average Bonchev–Trinajstić information content (AvgIpc) is 2.79. The lowest BCUT2D eigenvalue weighted by molar-refractivity contribution is 0.0935. The Morgan fingerprint density at radius 1 is 1.37 bits per heavy atom. The van der Waals surface area contributed by atoms with Gasteiger partial charge in [-0.1, -0.05) is 11.6 Å². The standard InChI is InChI=1S/C14H14ClNO3/c1-8-3-6-13(19-8)9(2)16-14(18)10-4-5-12(17)11(15)7-10/h3-7,9,17H,1-2H3,(H,16,18). The van der Waals surface area contributed by atoms with Gasteiger partial charge in [-0.15, -0.1) is 0 Å². The minimum Gasteiger partial charge on any atom is -0.506 e. The smallest absolute Gasteiger partial charge is 0.251 e. The first kappa shape index (κ1) is 13.5. The van der Waals surface area contributed by atoms with Crippen molar-refractivity contribution in [1.82, 2.24) is 5.32 Å². The molecule has 0 radical (unpaired) electrons. The fourth-order valence-electron chi connectivity index (χ4n) is 1.69. The molecule has 0 saturated carbocycles. The van der Waals surface area contributed by atoms with E-state index in [0.717, 1.165) is 5.76 Å². The minimum atomic E-state index is -0.275. The molecule has 1 aromatic carbocycles. The van der Waals surface area contributed by atoms with Gasteiger partial charge in [-0.2, -0.15) is 0 Å². The minimum absolute atomic E-state index is 0.0482. The number of furan rings is 1. The second-order valence-corrected chi connectivity index (χ2v) is 4.72. The predicted molar refractivity (Wildman–Crippen MR) is 72.4 cm³/mol. The van der Waals surface area contributed by atoms with Gasteiger partial charge in [0, 0.05) is 5.56 Å². The van der Waals surface area contributed by atoms with Crippen LogP contribution in [0, 0.1) is 6.92 Å². The molecule has 1 unspecified atom stereocenters. The van der Waals surface area contributed by atoms with Crippen molar-refractivity contribution in [2.24, 2.45) is 0 Å². The van der Waals surface area contributed by atoms with Gasteiger partial charge in [0.1, 0.15) is 17.3 Å². The molecule has 0 aliphatic rings. The summed E-state index contributed by atoms with van der Waals surface area (Å²) in [6.45, 7) is 3.68. The summed E-state index contributed by atoms with van der Waals surface area (Å²) in [5.74, 6) is 1.16. The number of hydrogen-bond acceptors (Lipinski definition) is 3. The summed E-state index contributed by atoms with van der Waals surface area (Å²) in [5, 5.41) is 12.3. The van der Waals surface area contributed by atoms with E-state index in [2.05, 4.69) is 5.32 Å². The van der Waals surface area contributed by atoms with Crippen molar-refractivity contribution in [3.8, 4) is 5.75 Å². The van der Waals surface area contributed by atoms with Gasteiger partial charge in [0.15, 0.2) is 0 Å². The van der Waals surface area contributed by atoms with Gasteiger partial charge in [0.2, 0.25) is 0 Å². The summed E-state index contributed by atoms with van der Waals surface area (Å²) in [6, 6.07) is 7.75. The van der Waals surface area contributed by atoms with E-state index in [1.165, 1.54) is 18.2 Å². The normalized spacial score (nSPS) is 12.2. The van der Waals surface area contributed by atoms with Crippen LogP contribution in [0.4, 0.5) is 0 Å². The van der Waals surface area contributed by atoms with E-state index in [4.69, 9.17) is 16.0 Å². The number of phenolic OH excluding ortho intramolecular Hbond substituents is 1. The molecule has 1 aromatic heterocycles. The molecule has 4 nitrogen and oxygen atoms in total. The van der Waals surface area contributed by atoms with Gasteiger partial charge in [-0.25, -0.2) is 0 Å². The Labute approximate surface area is 116 Å². The van der Waals surface area contributed by atoms with Crippen molar-refractivity contribution >= 4 is 17.5 Å². The van der Waals surface area contributed by atoms with E-state index in [0.29, 0.717) is 11.3 Å². The number of benzene rings is 1. The SMILES string of the molecule is Cc1ccc(C(C)NC(=O)c2ccc(O)c(Cl)c2)o1. The predicted octanol–water partition coefficient (Wildman–Crippen LogP) is 3.44. The van der Waals surface area contributed by atoms with Gasteiger partial charge in [-0.3, -0.25) is 4.79 Å². The van der Waals surface area contributed by atoms with Crippen molar-refractivity contribution in [1.29, 1.82) is 0 Å².